The molecular formula is C17H26N2O2. The normalized spacial score (nSPS) is 18.9. The second kappa shape index (κ2) is 8.03. The fourth-order valence-corrected chi connectivity index (χ4v) is 2.73. The molecule has 1 fully saturated rings. The minimum absolute atomic E-state index is 0.00576. The maximum absolute atomic E-state index is 12.5. The molecule has 0 aromatic heterocycles. The van der Waals surface area contributed by atoms with Gasteiger partial charge in [-0.2, -0.15) is 0 Å². The first-order chi connectivity index (χ1) is 10.2. The van der Waals surface area contributed by atoms with Crippen molar-refractivity contribution in [3.8, 4) is 5.75 Å². The first-order valence-electron chi connectivity index (χ1n) is 7.98. The van der Waals surface area contributed by atoms with Gasteiger partial charge in [-0.3, -0.25) is 4.79 Å². The monoisotopic (exact) mass is 290 g/mol. The third-order valence-corrected chi connectivity index (χ3v) is 3.75. The van der Waals surface area contributed by atoms with Gasteiger partial charge in [-0.15, -0.1) is 0 Å². The highest BCUT2D eigenvalue weighted by Crippen LogP contribution is 2.18. The predicted octanol–water partition coefficient (Wildman–Crippen LogP) is 2.58. The van der Waals surface area contributed by atoms with Crippen molar-refractivity contribution >= 4 is 5.91 Å². The van der Waals surface area contributed by atoms with Gasteiger partial charge < -0.3 is 15.0 Å². The van der Waals surface area contributed by atoms with Crippen molar-refractivity contribution in [2.24, 2.45) is 0 Å². The average Bonchev–Trinajstić information content (AvgIpc) is 2.49. The van der Waals surface area contributed by atoms with Crippen LogP contribution in [0.2, 0.25) is 0 Å². The highest BCUT2D eigenvalue weighted by Gasteiger charge is 2.27. The molecule has 4 heteroatoms. The van der Waals surface area contributed by atoms with Crippen molar-refractivity contribution < 1.29 is 9.53 Å². The number of amides is 1. The molecule has 0 aliphatic carbocycles. The van der Waals surface area contributed by atoms with Crippen LogP contribution in [0, 0.1) is 0 Å². The molecule has 1 aromatic rings. The van der Waals surface area contributed by atoms with Crippen LogP contribution in [-0.4, -0.2) is 36.5 Å². The molecule has 1 atom stereocenters. The van der Waals surface area contributed by atoms with Gasteiger partial charge in [0, 0.05) is 13.1 Å². The average molecular weight is 290 g/mol. The summed E-state index contributed by atoms with van der Waals surface area (Å²) in [5, 5.41) is 3.35. The molecule has 1 aliphatic heterocycles. The number of hydrogen-bond acceptors (Lipinski definition) is 3. The van der Waals surface area contributed by atoms with Crippen molar-refractivity contribution in [3.05, 3.63) is 29.8 Å². The number of ether oxygens (including phenoxy) is 1. The lowest BCUT2D eigenvalue weighted by Gasteiger charge is -2.33. The molecule has 1 N–H and O–H groups in total. The Hall–Kier alpha value is -1.55. The van der Waals surface area contributed by atoms with Gasteiger partial charge in [0.05, 0.1) is 12.6 Å². The molecule has 1 aromatic carbocycles. The fraction of sp³-hybridized carbons (Fsp3) is 0.588. The standard InChI is InChI=1S/C17H26N2O2/c1-3-10-18-16-9-6-11-19(17(16)20)13-14-7-5-8-15(12-14)21-4-2/h5,7-8,12,16,18H,3-4,6,9-11,13H2,1-2H3. The number of piperidine rings is 1. The molecule has 21 heavy (non-hydrogen) atoms. The Bertz CT molecular complexity index is 462. The Morgan fingerprint density at radius 2 is 2.24 bits per heavy atom. The molecule has 0 spiro atoms. The van der Waals surface area contributed by atoms with E-state index in [1.807, 2.05) is 30.0 Å². The quantitative estimate of drug-likeness (QED) is 0.839. The molecule has 0 radical (unpaired) electrons. The number of benzene rings is 1. The molecular weight excluding hydrogens is 264 g/mol. The lowest BCUT2D eigenvalue weighted by Crippen LogP contribution is -2.50. The van der Waals surface area contributed by atoms with Gasteiger partial charge in [0.15, 0.2) is 0 Å². The maximum Gasteiger partial charge on any atom is 0.240 e. The maximum atomic E-state index is 12.5. The minimum Gasteiger partial charge on any atom is -0.494 e. The number of rotatable bonds is 7. The Labute approximate surface area is 127 Å². The van der Waals surface area contributed by atoms with E-state index in [0.29, 0.717) is 13.2 Å². The minimum atomic E-state index is -0.00576. The van der Waals surface area contributed by atoms with Crippen molar-refractivity contribution in [3.63, 3.8) is 0 Å². The molecule has 1 amide bonds. The van der Waals surface area contributed by atoms with Crippen molar-refractivity contribution in [2.75, 3.05) is 19.7 Å². The molecule has 116 valence electrons. The SMILES string of the molecule is CCCNC1CCCN(Cc2cccc(OCC)c2)C1=O. The topological polar surface area (TPSA) is 41.6 Å². The van der Waals surface area contributed by atoms with Gasteiger partial charge in [0.2, 0.25) is 5.91 Å². The summed E-state index contributed by atoms with van der Waals surface area (Å²) in [5.74, 6) is 1.11. The highest BCUT2D eigenvalue weighted by molar-refractivity contribution is 5.82. The number of nitrogens with zero attached hydrogens (tertiary/aromatic N) is 1. The predicted molar refractivity (Wildman–Crippen MR) is 84.3 cm³/mol. The van der Waals surface area contributed by atoms with Crippen LogP contribution in [0.4, 0.5) is 0 Å². The summed E-state index contributed by atoms with van der Waals surface area (Å²) >= 11 is 0. The smallest absolute Gasteiger partial charge is 0.240 e. The molecule has 1 heterocycles. The molecule has 1 unspecified atom stereocenters. The number of likely N-dealkylation sites (tertiary alicyclic amines) is 1. The van der Waals surface area contributed by atoms with Gasteiger partial charge in [0.1, 0.15) is 5.75 Å². The third-order valence-electron chi connectivity index (χ3n) is 3.75. The summed E-state index contributed by atoms with van der Waals surface area (Å²) in [6, 6.07) is 8.02. The first-order valence-corrected chi connectivity index (χ1v) is 7.98. The van der Waals surface area contributed by atoms with Crippen LogP contribution in [0.5, 0.6) is 5.75 Å². The third kappa shape index (κ3) is 4.46. The van der Waals surface area contributed by atoms with E-state index in [1.54, 1.807) is 0 Å². The molecule has 0 saturated carbocycles. The van der Waals surface area contributed by atoms with Crippen LogP contribution < -0.4 is 10.1 Å². The molecule has 0 bridgehead atoms. The Morgan fingerprint density at radius 3 is 3.00 bits per heavy atom. The van der Waals surface area contributed by atoms with Gasteiger partial charge in [0.25, 0.3) is 0 Å². The van der Waals surface area contributed by atoms with Crippen molar-refractivity contribution in [2.45, 2.75) is 45.7 Å². The zero-order valence-electron chi connectivity index (χ0n) is 13.1. The summed E-state index contributed by atoms with van der Waals surface area (Å²) in [5.41, 5.74) is 1.13. The van der Waals surface area contributed by atoms with E-state index in [2.05, 4.69) is 18.3 Å². The van der Waals surface area contributed by atoms with Crippen molar-refractivity contribution in [1.29, 1.82) is 0 Å². The van der Waals surface area contributed by atoms with E-state index in [0.717, 1.165) is 43.7 Å². The number of carbonyl (C=O) groups excluding carboxylic acids is 1. The summed E-state index contributed by atoms with van der Waals surface area (Å²) in [6.07, 6.45) is 3.08. The van der Waals surface area contributed by atoms with Crippen LogP contribution in [0.15, 0.2) is 24.3 Å². The summed E-state index contributed by atoms with van der Waals surface area (Å²) < 4.78 is 5.52. The van der Waals surface area contributed by atoms with E-state index in [9.17, 15) is 4.79 Å². The Morgan fingerprint density at radius 1 is 1.38 bits per heavy atom. The molecule has 2 rings (SSSR count). The number of hydrogen-bond donors (Lipinski definition) is 1. The molecule has 1 saturated heterocycles. The van der Waals surface area contributed by atoms with E-state index >= 15 is 0 Å². The first kappa shape index (κ1) is 15.8. The van der Waals surface area contributed by atoms with E-state index in [4.69, 9.17) is 4.74 Å². The fourth-order valence-electron chi connectivity index (χ4n) is 2.73. The summed E-state index contributed by atoms with van der Waals surface area (Å²) in [6.45, 7) is 7.19. The van der Waals surface area contributed by atoms with E-state index in [1.165, 1.54) is 0 Å². The zero-order chi connectivity index (χ0) is 15.1. The Kier molecular flexibility index (Phi) is 6.05. The van der Waals surface area contributed by atoms with E-state index < -0.39 is 0 Å². The highest BCUT2D eigenvalue weighted by atomic mass is 16.5. The second-order valence-electron chi connectivity index (χ2n) is 5.49. The van der Waals surface area contributed by atoms with Crippen molar-refractivity contribution in [1.82, 2.24) is 10.2 Å². The molecule has 4 nitrogen and oxygen atoms in total. The van der Waals surface area contributed by atoms with E-state index in [-0.39, 0.29) is 11.9 Å². The van der Waals surface area contributed by atoms with Gasteiger partial charge in [-0.05, 0) is 50.4 Å². The van der Waals surface area contributed by atoms with Gasteiger partial charge >= 0.3 is 0 Å². The van der Waals surface area contributed by atoms with Crippen LogP contribution in [0.1, 0.15) is 38.7 Å². The number of nitrogens with one attached hydrogen (secondary N) is 1. The van der Waals surface area contributed by atoms with Crippen LogP contribution in [0.25, 0.3) is 0 Å². The summed E-state index contributed by atoms with van der Waals surface area (Å²) in [4.78, 5) is 14.4. The van der Waals surface area contributed by atoms with Crippen LogP contribution >= 0.6 is 0 Å². The summed E-state index contributed by atoms with van der Waals surface area (Å²) in [7, 11) is 0. The zero-order valence-corrected chi connectivity index (χ0v) is 13.1. The largest absolute Gasteiger partial charge is 0.494 e. The number of carbonyl (C=O) groups is 1. The lowest BCUT2D eigenvalue weighted by molar-refractivity contribution is -0.136. The van der Waals surface area contributed by atoms with Crippen LogP contribution in [-0.2, 0) is 11.3 Å². The Balaban J connectivity index is 1.97. The van der Waals surface area contributed by atoms with Gasteiger partial charge in [-0.25, -0.2) is 0 Å². The molecule has 1 aliphatic rings. The van der Waals surface area contributed by atoms with Gasteiger partial charge in [-0.1, -0.05) is 19.1 Å². The second-order valence-corrected chi connectivity index (χ2v) is 5.49. The lowest BCUT2D eigenvalue weighted by atomic mass is 10.0. The van der Waals surface area contributed by atoms with Crippen LogP contribution in [0.3, 0.4) is 0 Å².